The summed E-state index contributed by atoms with van der Waals surface area (Å²) in [5, 5.41) is 32.0. The van der Waals surface area contributed by atoms with Crippen molar-refractivity contribution in [3.05, 3.63) is 11.8 Å². The van der Waals surface area contributed by atoms with Gasteiger partial charge in [-0.1, -0.05) is 0 Å². The van der Waals surface area contributed by atoms with Crippen LogP contribution in [0, 0.1) is 11.3 Å². The van der Waals surface area contributed by atoms with Gasteiger partial charge >= 0.3 is 5.97 Å². The lowest BCUT2D eigenvalue weighted by Gasteiger charge is -2.40. The van der Waals surface area contributed by atoms with Gasteiger partial charge in [-0.3, -0.25) is 18.7 Å². The summed E-state index contributed by atoms with van der Waals surface area (Å²) in [4.78, 5) is 25.3. The van der Waals surface area contributed by atoms with Crippen LogP contribution in [-0.4, -0.2) is 111 Å². The minimum atomic E-state index is -4.37. The molecular formula is C26H39Cl2N7O9S2. The number of hydrogen-bond donors (Lipinski definition) is 4. The predicted molar refractivity (Wildman–Crippen MR) is 167 cm³/mol. The third kappa shape index (κ3) is 11.1. The summed E-state index contributed by atoms with van der Waals surface area (Å²) in [6.45, 7) is 2.26. The van der Waals surface area contributed by atoms with Crippen molar-refractivity contribution in [2.24, 2.45) is 10.2 Å². The minimum absolute atomic E-state index is 0.0428. The van der Waals surface area contributed by atoms with Crippen LogP contribution < -0.4 is 5.32 Å². The number of halogens is 2. The van der Waals surface area contributed by atoms with Gasteiger partial charge in [0, 0.05) is 19.4 Å². The second-order valence-corrected chi connectivity index (χ2v) is 16.0. The van der Waals surface area contributed by atoms with Crippen molar-refractivity contribution in [1.29, 1.82) is 5.26 Å². The lowest BCUT2D eigenvalue weighted by atomic mass is 9.86. The Morgan fingerprint density at radius 1 is 1.11 bits per heavy atom. The highest BCUT2D eigenvalue weighted by molar-refractivity contribution is 7.86. The zero-order valence-electron chi connectivity index (χ0n) is 25.2. The SMILES string of the molecule is CC(=O)NC1CC(N(CCCCS(=O)(=O)O)CCCC(=O)O)CCC1N=Nc1c(C#N)cnn1C1C(Cl)CC(S(=O)(=O)O)CC1Cl. The Morgan fingerprint density at radius 2 is 1.76 bits per heavy atom. The largest absolute Gasteiger partial charge is 0.481 e. The highest BCUT2D eigenvalue weighted by atomic mass is 35.5. The first-order chi connectivity index (χ1) is 21.5. The molecule has 0 bridgehead atoms. The molecule has 20 heteroatoms. The first kappa shape index (κ1) is 38.1. The van der Waals surface area contributed by atoms with Gasteiger partial charge in [0.2, 0.25) is 5.91 Å². The second kappa shape index (κ2) is 16.6. The van der Waals surface area contributed by atoms with Gasteiger partial charge in [-0.2, -0.15) is 32.3 Å². The van der Waals surface area contributed by atoms with E-state index in [2.05, 4.69) is 25.5 Å². The van der Waals surface area contributed by atoms with E-state index in [9.17, 15) is 36.2 Å². The van der Waals surface area contributed by atoms with Crippen LogP contribution in [-0.2, 0) is 29.8 Å². The fourth-order valence-corrected chi connectivity index (χ4v) is 8.81. The van der Waals surface area contributed by atoms with E-state index in [1.807, 2.05) is 6.07 Å². The van der Waals surface area contributed by atoms with Crippen LogP contribution in [0.4, 0.5) is 5.82 Å². The Bertz CT molecular complexity index is 1510. The molecule has 2 fully saturated rings. The molecule has 4 N–H and O–H groups in total. The normalized spacial score (nSPS) is 27.5. The Balaban J connectivity index is 1.80. The van der Waals surface area contributed by atoms with Crippen molar-refractivity contribution in [2.45, 2.75) is 105 Å². The predicted octanol–water partition coefficient (Wildman–Crippen LogP) is 2.91. The highest BCUT2D eigenvalue weighted by Gasteiger charge is 2.43. The number of carboxylic acid groups (broad SMARTS) is 1. The molecule has 16 nitrogen and oxygen atoms in total. The molecule has 2 saturated carbocycles. The Labute approximate surface area is 278 Å². The molecule has 0 saturated heterocycles. The zero-order valence-corrected chi connectivity index (χ0v) is 28.3. The molecule has 5 atom stereocenters. The molecule has 3 rings (SSSR count). The van der Waals surface area contributed by atoms with Crippen LogP contribution >= 0.6 is 23.2 Å². The number of alkyl halides is 2. The quantitative estimate of drug-likeness (QED) is 0.0882. The number of carbonyl (C=O) groups excluding carboxylic acids is 1. The number of azo groups is 1. The molecule has 0 spiro atoms. The summed E-state index contributed by atoms with van der Waals surface area (Å²) in [7, 11) is -8.47. The molecule has 5 unspecified atom stereocenters. The number of amides is 1. The van der Waals surface area contributed by atoms with Gasteiger partial charge in [0.1, 0.15) is 11.6 Å². The van der Waals surface area contributed by atoms with Crippen molar-refractivity contribution in [1.82, 2.24) is 20.0 Å². The van der Waals surface area contributed by atoms with Gasteiger partial charge in [-0.05, 0) is 64.5 Å². The third-order valence-electron chi connectivity index (χ3n) is 8.24. The molecule has 2 aliphatic carbocycles. The Hall–Kier alpha value is -2.40. The lowest BCUT2D eigenvalue weighted by Crippen LogP contribution is -2.51. The fraction of sp³-hybridized carbons (Fsp3) is 0.769. The topological polar surface area (TPSA) is 245 Å². The van der Waals surface area contributed by atoms with E-state index in [1.54, 1.807) is 0 Å². The van der Waals surface area contributed by atoms with Gasteiger partial charge in [-0.15, -0.1) is 28.3 Å². The molecule has 1 aromatic heterocycles. The Morgan fingerprint density at radius 3 is 2.33 bits per heavy atom. The van der Waals surface area contributed by atoms with Gasteiger partial charge in [0.05, 0.1) is 46.1 Å². The number of nitrogens with zero attached hydrogens (tertiary/aromatic N) is 6. The van der Waals surface area contributed by atoms with Crippen molar-refractivity contribution >= 4 is 61.1 Å². The number of rotatable bonds is 15. The Kier molecular flexibility index (Phi) is 13.7. The molecule has 1 amide bonds. The summed E-state index contributed by atoms with van der Waals surface area (Å²) in [5.41, 5.74) is 0.0765. The summed E-state index contributed by atoms with van der Waals surface area (Å²) < 4.78 is 65.6. The molecule has 1 heterocycles. The van der Waals surface area contributed by atoms with Crippen molar-refractivity contribution in [2.75, 3.05) is 18.8 Å². The number of carboxylic acids is 1. The maximum absolute atomic E-state index is 12.2. The van der Waals surface area contributed by atoms with Crippen LogP contribution in [0.15, 0.2) is 16.4 Å². The molecule has 0 aromatic carbocycles. The van der Waals surface area contributed by atoms with E-state index in [0.717, 1.165) is 0 Å². The molecule has 258 valence electrons. The summed E-state index contributed by atoms with van der Waals surface area (Å²) >= 11 is 13.1. The van der Waals surface area contributed by atoms with E-state index in [4.69, 9.17) is 32.9 Å². The second-order valence-electron chi connectivity index (χ2n) is 11.7. The van der Waals surface area contributed by atoms with Gasteiger partial charge in [0.25, 0.3) is 20.2 Å². The lowest BCUT2D eigenvalue weighted by molar-refractivity contribution is -0.137. The average molecular weight is 729 g/mol. The standard InChI is InChI=1S/C26H39Cl2N7O9S2/c1-16(36)31-23-11-18(34(9-4-5-24(37)38)8-2-3-10-45(39,40)41)6-7-22(23)32-33-26-17(14-29)15-30-35(26)25-20(27)12-19(13-21(25)28)46(42,43)44/h15,18-23,25H,2-13H2,1H3,(H,31,36)(H,37,38)(H,39,40,41)(H,42,43,44). The van der Waals surface area contributed by atoms with E-state index in [-0.39, 0.29) is 54.8 Å². The number of aliphatic carboxylic acids is 1. The maximum atomic E-state index is 12.2. The number of nitriles is 1. The number of aromatic nitrogens is 2. The van der Waals surface area contributed by atoms with Crippen LogP contribution in [0.25, 0.3) is 0 Å². The van der Waals surface area contributed by atoms with E-state index >= 15 is 0 Å². The first-order valence-electron chi connectivity index (χ1n) is 14.8. The first-order valence-corrected chi connectivity index (χ1v) is 18.8. The van der Waals surface area contributed by atoms with Gasteiger partial charge in [-0.25, -0.2) is 4.68 Å². The molecule has 0 aliphatic heterocycles. The minimum Gasteiger partial charge on any atom is -0.481 e. The molecule has 0 radical (unpaired) electrons. The number of hydrogen-bond acceptors (Lipinski definition) is 11. The highest BCUT2D eigenvalue weighted by Crippen LogP contribution is 2.41. The number of unbranched alkanes of at least 4 members (excludes halogenated alkanes) is 1. The summed E-state index contributed by atoms with van der Waals surface area (Å²) in [6.07, 6.45) is 3.59. The van der Waals surface area contributed by atoms with Crippen LogP contribution in [0.1, 0.15) is 76.3 Å². The van der Waals surface area contributed by atoms with Crippen molar-refractivity contribution in [3.63, 3.8) is 0 Å². The summed E-state index contributed by atoms with van der Waals surface area (Å²) in [6, 6.07) is 0.161. The molecule has 46 heavy (non-hydrogen) atoms. The average Bonchev–Trinajstić information content (AvgIpc) is 3.34. The van der Waals surface area contributed by atoms with Gasteiger partial charge in [0.15, 0.2) is 5.82 Å². The van der Waals surface area contributed by atoms with Crippen molar-refractivity contribution < 1.29 is 40.6 Å². The van der Waals surface area contributed by atoms with Crippen LogP contribution in [0.2, 0.25) is 0 Å². The van der Waals surface area contributed by atoms with Crippen molar-refractivity contribution in [3.8, 4) is 6.07 Å². The van der Waals surface area contributed by atoms with Crippen LogP contribution in [0.5, 0.6) is 0 Å². The van der Waals surface area contributed by atoms with Crippen LogP contribution in [0.3, 0.4) is 0 Å². The number of carbonyl (C=O) groups is 2. The van der Waals surface area contributed by atoms with E-state index < -0.39 is 60.3 Å². The van der Waals surface area contributed by atoms with E-state index in [1.165, 1.54) is 17.8 Å². The molecule has 2 aliphatic rings. The molecule has 1 aromatic rings. The zero-order chi connectivity index (χ0) is 34.2. The fourth-order valence-electron chi connectivity index (χ4n) is 6.06. The smallest absolute Gasteiger partial charge is 0.303 e. The maximum Gasteiger partial charge on any atom is 0.303 e. The number of nitrogens with one attached hydrogen (secondary N) is 1. The van der Waals surface area contributed by atoms with Gasteiger partial charge < -0.3 is 15.3 Å². The summed E-state index contributed by atoms with van der Waals surface area (Å²) in [5.74, 6) is -1.55. The van der Waals surface area contributed by atoms with E-state index in [0.29, 0.717) is 45.2 Å². The monoisotopic (exact) mass is 727 g/mol. The molecular weight excluding hydrogens is 689 g/mol. The third-order valence-corrected chi connectivity index (χ3v) is 11.1.